The molecule has 0 N–H and O–H groups in total. The molecule has 1 heteroatoms. The van der Waals surface area contributed by atoms with Gasteiger partial charge in [0.15, 0.2) is 0 Å². The van der Waals surface area contributed by atoms with Gasteiger partial charge in [0.05, 0.1) is 0 Å². The summed E-state index contributed by atoms with van der Waals surface area (Å²) < 4.78 is 0. The van der Waals surface area contributed by atoms with Crippen molar-refractivity contribution in [2.24, 2.45) is 0 Å². The number of hydrogen-bond donors (Lipinski definition) is 0. The van der Waals surface area contributed by atoms with Gasteiger partial charge in [-0.25, -0.2) is 0 Å². The van der Waals surface area contributed by atoms with E-state index in [1.165, 1.54) is 5.57 Å². The summed E-state index contributed by atoms with van der Waals surface area (Å²) in [6, 6.07) is 0. The van der Waals surface area contributed by atoms with Crippen LogP contribution in [-0.4, -0.2) is 5.78 Å². The van der Waals surface area contributed by atoms with Crippen LogP contribution in [0.2, 0.25) is 0 Å². The lowest BCUT2D eigenvalue weighted by Crippen LogP contribution is -1.99. The van der Waals surface area contributed by atoms with Crippen molar-refractivity contribution >= 4 is 5.78 Å². The molecule has 0 unspecified atom stereocenters. The summed E-state index contributed by atoms with van der Waals surface area (Å²) in [4.78, 5) is 10.9. The first-order valence-electron chi connectivity index (χ1n) is 3.96. The van der Waals surface area contributed by atoms with Crippen LogP contribution in [0.25, 0.3) is 0 Å². The van der Waals surface area contributed by atoms with Crippen molar-refractivity contribution in [3.63, 3.8) is 0 Å². The predicted molar refractivity (Wildman–Crippen MR) is 41.8 cm³/mol. The highest BCUT2D eigenvalue weighted by Gasteiger charge is 2.03. The SMILES string of the molecule is C/C1=C/CCC(=O)CCC1. The van der Waals surface area contributed by atoms with Gasteiger partial charge in [-0.2, -0.15) is 0 Å². The number of allylic oxidation sites excluding steroid dienone is 2. The van der Waals surface area contributed by atoms with E-state index in [1.54, 1.807) is 0 Å². The molecule has 0 amide bonds. The van der Waals surface area contributed by atoms with Crippen molar-refractivity contribution in [3.8, 4) is 0 Å². The van der Waals surface area contributed by atoms with Gasteiger partial charge in [0.2, 0.25) is 0 Å². The fourth-order valence-electron chi connectivity index (χ4n) is 1.27. The monoisotopic (exact) mass is 138 g/mol. The first-order chi connectivity index (χ1) is 4.79. The minimum absolute atomic E-state index is 0.434. The van der Waals surface area contributed by atoms with Gasteiger partial charge in [0.1, 0.15) is 5.78 Å². The Morgan fingerprint density at radius 1 is 1.30 bits per heavy atom. The molecule has 0 bridgehead atoms. The molecule has 56 valence electrons. The van der Waals surface area contributed by atoms with Crippen LogP contribution in [0.15, 0.2) is 11.6 Å². The Kier molecular flexibility index (Phi) is 2.67. The average molecular weight is 138 g/mol. The maximum Gasteiger partial charge on any atom is 0.133 e. The van der Waals surface area contributed by atoms with Crippen molar-refractivity contribution in [1.82, 2.24) is 0 Å². The minimum Gasteiger partial charge on any atom is -0.300 e. The smallest absolute Gasteiger partial charge is 0.133 e. The molecule has 0 aromatic carbocycles. The molecule has 0 heterocycles. The van der Waals surface area contributed by atoms with Crippen molar-refractivity contribution in [1.29, 1.82) is 0 Å². The van der Waals surface area contributed by atoms with Crippen LogP contribution in [0.5, 0.6) is 0 Å². The first-order valence-corrected chi connectivity index (χ1v) is 3.96. The Hall–Kier alpha value is -0.590. The predicted octanol–water partition coefficient (Wildman–Crippen LogP) is 2.47. The molecule has 0 radical (unpaired) electrons. The Bertz CT molecular complexity index is 156. The Balaban J connectivity index is 2.45. The van der Waals surface area contributed by atoms with E-state index in [1.807, 2.05) is 0 Å². The van der Waals surface area contributed by atoms with E-state index < -0.39 is 0 Å². The summed E-state index contributed by atoms with van der Waals surface area (Å²) in [5.74, 6) is 0.434. The third kappa shape index (κ3) is 2.34. The molecule has 0 spiro atoms. The van der Waals surface area contributed by atoms with E-state index in [9.17, 15) is 4.79 Å². The third-order valence-corrected chi connectivity index (χ3v) is 1.94. The molecule has 0 saturated heterocycles. The molecule has 0 fully saturated rings. The van der Waals surface area contributed by atoms with Gasteiger partial charge in [-0.15, -0.1) is 0 Å². The summed E-state index contributed by atoms with van der Waals surface area (Å²) in [7, 11) is 0. The minimum atomic E-state index is 0.434. The summed E-state index contributed by atoms with van der Waals surface area (Å²) in [6.07, 6.45) is 6.89. The van der Waals surface area contributed by atoms with Gasteiger partial charge in [-0.3, -0.25) is 4.79 Å². The highest BCUT2D eigenvalue weighted by molar-refractivity contribution is 5.78. The third-order valence-electron chi connectivity index (χ3n) is 1.94. The molecular formula is C9H14O. The quantitative estimate of drug-likeness (QED) is 0.470. The van der Waals surface area contributed by atoms with Gasteiger partial charge in [-0.05, 0) is 26.2 Å². The number of ketones is 1. The molecular weight excluding hydrogens is 124 g/mol. The lowest BCUT2D eigenvalue weighted by Gasteiger charge is -2.05. The van der Waals surface area contributed by atoms with E-state index in [4.69, 9.17) is 0 Å². The first kappa shape index (κ1) is 7.52. The highest BCUT2D eigenvalue weighted by Crippen LogP contribution is 2.13. The molecule has 1 rings (SSSR count). The van der Waals surface area contributed by atoms with E-state index in [-0.39, 0.29) is 0 Å². The van der Waals surface area contributed by atoms with Crippen molar-refractivity contribution in [2.45, 2.75) is 39.0 Å². The molecule has 1 aliphatic rings. The average Bonchev–Trinajstić information content (AvgIpc) is 1.84. The van der Waals surface area contributed by atoms with E-state index in [0.717, 1.165) is 32.1 Å². The topological polar surface area (TPSA) is 17.1 Å². The van der Waals surface area contributed by atoms with Gasteiger partial charge in [-0.1, -0.05) is 11.6 Å². The summed E-state index contributed by atoms with van der Waals surface area (Å²) in [5, 5.41) is 0. The van der Waals surface area contributed by atoms with E-state index in [0.29, 0.717) is 5.78 Å². The molecule has 1 aliphatic carbocycles. The second-order valence-electron chi connectivity index (χ2n) is 2.98. The van der Waals surface area contributed by atoms with Gasteiger partial charge in [0.25, 0.3) is 0 Å². The van der Waals surface area contributed by atoms with Gasteiger partial charge < -0.3 is 0 Å². The zero-order chi connectivity index (χ0) is 7.40. The molecule has 0 aromatic heterocycles. The zero-order valence-corrected chi connectivity index (χ0v) is 6.52. The second kappa shape index (κ2) is 3.55. The number of carbonyl (C=O) groups excluding carboxylic acids is 1. The van der Waals surface area contributed by atoms with E-state index >= 15 is 0 Å². The summed E-state index contributed by atoms with van der Waals surface area (Å²) in [5.41, 5.74) is 1.45. The van der Waals surface area contributed by atoms with Crippen LogP contribution in [0.3, 0.4) is 0 Å². The van der Waals surface area contributed by atoms with Crippen LogP contribution in [0, 0.1) is 0 Å². The molecule has 1 nitrogen and oxygen atoms in total. The van der Waals surface area contributed by atoms with E-state index in [2.05, 4.69) is 13.0 Å². The van der Waals surface area contributed by atoms with Crippen molar-refractivity contribution < 1.29 is 4.79 Å². The van der Waals surface area contributed by atoms with Gasteiger partial charge >= 0.3 is 0 Å². The number of carbonyl (C=O) groups is 1. The lowest BCUT2D eigenvalue weighted by molar-refractivity contribution is -0.119. The zero-order valence-electron chi connectivity index (χ0n) is 6.52. The Morgan fingerprint density at radius 2 is 2.10 bits per heavy atom. The standard InChI is InChI=1S/C9H14O/c1-8-4-2-6-9(10)7-3-5-8/h4H,2-3,5-7H2,1H3/b8-4-. The fourth-order valence-corrected chi connectivity index (χ4v) is 1.27. The molecule has 0 aliphatic heterocycles. The van der Waals surface area contributed by atoms with Crippen molar-refractivity contribution in [3.05, 3.63) is 11.6 Å². The van der Waals surface area contributed by atoms with Crippen LogP contribution in [-0.2, 0) is 4.79 Å². The lowest BCUT2D eigenvalue weighted by atomic mass is 10.0. The number of hydrogen-bond acceptors (Lipinski definition) is 1. The fraction of sp³-hybridized carbons (Fsp3) is 0.667. The molecule has 0 saturated carbocycles. The second-order valence-corrected chi connectivity index (χ2v) is 2.98. The molecule has 0 atom stereocenters. The maximum absolute atomic E-state index is 10.9. The van der Waals surface area contributed by atoms with Crippen LogP contribution in [0.4, 0.5) is 0 Å². The Morgan fingerprint density at radius 3 is 2.90 bits per heavy atom. The maximum atomic E-state index is 10.9. The number of Topliss-reactive ketones (excluding diaryl/α,β-unsaturated/α-hetero) is 1. The molecule has 0 aromatic rings. The van der Waals surface area contributed by atoms with Gasteiger partial charge in [0, 0.05) is 12.8 Å². The van der Waals surface area contributed by atoms with Crippen molar-refractivity contribution in [2.75, 3.05) is 0 Å². The number of rotatable bonds is 0. The normalized spacial score (nSPS) is 26.5. The van der Waals surface area contributed by atoms with Crippen LogP contribution >= 0.6 is 0 Å². The summed E-state index contributed by atoms with van der Waals surface area (Å²) >= 11 is 0. The largest absolute Gasteiger partial charge is 0.300 e. The van der Waals surface area contributed by atoms with Crippen LogP contribution in [0.1, 0.15) is 39.0 Å². The Labute approximate surface area is 62.1 Å². The summed E-state index contributed by atoms with van der Waals surface area (Å²) in [6.45, 7) is 2.15. The van der Waals surface area contributed by atoms with Crippen LogP contribution < -0.4 is 0 Å². The highest BCUT2D eigenvalue weighted by atomic mass is 16.1. The molecule has 10 heavy (non-hydrogen) atoms.